The topological polar surface area (TPSA) is 81.7 Å². The van der Waals surface area contributed by atoms with Crippen LogP contribution in [0.2, 0.25) is 0 Å². The van der Waals surface area contributed by atoms with Crippen molar-refractivity contribution in [2.45, 2.75) is 29.1 Å². The van der Waals surface area contributed by atoms with Gasteiger partial charge in [0.2, 0.25) is 0 Å². The van der Waals surface area contributed by atoms with E-state index in [2.05, 4.69) is 0 Å². The molecule has 0 radical (unpaired) electrons. The zero-order valence-corrected chi connectivity index (χ0v) is 18.5. The third-order valence-corrected chi connectivity index (χ3v) is 6.87. The quantitative estimate of drug-likeness (QED) is 0.467. The zero-order chi connectivity index (χ0) is 23.7. The highest BCUT2D eigenvalue weighted by atomic mass is 32.2. The van der Waals surface area contributed by atoms with Gasteiger partial charge in [0.25, 0.3) is 5.56 Å². The minimum atomic E-state index is -1.01. The van der Waals surface area contributed by atoms with E-state index in [1.54, 1.807) is 38.1 Å². The van der Waals surface area contributed by atoms with Crippen molar-refractivity contribution >= 4 is 22.7 Å². The average molecular weight is 469 g/mol. The predicted molar refractivity (Wildman–Crippen MR) is 119 cm³/mol. The van der Waals surface area contributed by atoms with Gasteiger partial charge in [-0.1, -0.05) is 31.7 Å². The van der Waals surface area contributed by atoms with Gasteiger partial charge >= 0.3 is 5.63 Å². The Balaban J connectivity index is 1.79. The maximum atomic E-state index is 14.7. The lowest BCUT2D eigenvalue weighted by molar-refractivity contribution is 0.413. The fourth-order valence-electron chi connectivity index (χ4n) is 4.30. The van der Waals surface area contributed by atoms with E-state index in [0.717, 1.165) is 28.5 Å². The van der Waals surface area contributed by atoms with Gasteiger partial charge in [-0.05, 0) is 24.3 Å². The molecule has 5 rings (SSSR count). The van der Waals surface area contributed by atoms with Crippen molar-refractivity contribution in [2.75, 3.05) is 7.11 Å². The van der Waals surface area contributed by atoms with Gasteiger partial charge in [0.15, 0.2) is 5.75 Å². The van der Waals surface area contributed by atoms with Gasteiger partial charge in [0, 0.05) is 33.7 Å². The lowest BCUT2D eigenvalue weighted by atomic mass is 9.83. The first kappa shape index (κ1) is 21.3. The highest BCUT2D eigenvalue weighted by molar-refractivity contribution is 7.99. The normalized spacial score (nSPS) is 13.7. The molecule has 0 aliphatic carbocycles. The molecular formula is C24H17F2NO5S. The Morgan fingerprint density at radius 3 is 2.61 bits per heavy atom. The van der Waals surface area contributed by atoms with Crippen LogP contribution in [0, 0.1) is 11.6 Å². The third-order valence-electron chi connectivity index (χ3n) is 5.81. The fraction of sp³-hybridized carbons (Fsp3) is 0.167. The molecule has 2 aromatic heterocycles. The molecule has 1 N–H and O–H groups in total. The van der Waals surface area contributed by atoms with Crippen LogP contribution in [0.15, 0.2) is 66.3 Å². The number of hydrogen-bond acceptors (Lipinski definition) is 6. The Bertz CT molecular complexity index is 1590. The maximum Gasteiger partial charge on any atom is 0.354 e. The SMILES string of the molecule is COc1cccc(Sc2c(O)c3c(=O)n4c(cc3oc2=O)C(C)(C)c2c(F)cc(F)cc2-4)c1. The molecule has 0 saturated carbocycles. The molecule has 0 atom stereocenters. The second-order valence-corrected chi connectivity index (χ2v) is 9.25. The number of pyridine rings is 1. The first-order chi connectivity index (χ1) is 15.6. The Morgan fingerprint density at radius 2 is 1.88 bits per heavy atom. The molecule has 33 heavy (non-hydrogen) atoms. The standard InChI is InChI=1S/C24H17F2NO5S/c1-24(2)17-10-16-18(22(29)27(17)15-8-11(25)7-14(26)19(15)24)20(28)21(23(30)32-16)33-13-6-4-5-12(9-13)31-3/h4-10,28H,1-3H3. The van der Waals surface area contributed by atoms with Crippen LogP contribution in [0.1, 0.15) is 25.1 Å². The molecule has 168 valence electrons. The smallest absolute Gasteiger partial charge is 0.354 e. The molecule has 1 aliphatic rings. The van der Waals surface area contributed by atoms with Crippen molar-refractivity contribution in [2.24, 2.45) is 0 Å². The molecule has 0 saturated heterocycles. The Hall–Kier alpha value is -3.59. The van der Waals surface area contributed by atoms with Crippen molar-refractivity contribution in [3.05, 3.63) is 86.1 Å². The zero-order valence-electron chi connectivity index (χ0n) is 17.7. The molecule has 0 spiro atoms. The van der Waals surface area contributed by atoms with E-state index in [9.17, 15) is 23.5 Å². The Labute approximate surface area is 190 Å². The van der Waals surface area contributed by atoms with Gasteiger partial charge < -0.3 is 14.3 Å². The summed E-state index contributed by atoms with van der Waals surface area (Å²) in [5.74, 6) is -1.63. The highest BCUT2D eigenvalue weighted by Gasteiger charge is 2.41. The molecule has 0 bridgehead atoms. The molecule has 3 heterocycles. The van der Waals surface area contributed by atoms with Crippen molar-refractivity contribution in [1.82, 2.24) is 4.57 Å². The highest BCUT2D eigenvalue weighted by Crippen LogP contribution is 2.45. The van der Waals surface area contributed by atoms with Crippen LogP contribution >= 0.6 is 11.8 Å². The van der Waals surface area contributed by atoms with Crippen molar-refractivity contribution in [3.8, 4) is 17.2 Å². The van der Waals surface area contributed by atoms with Crippen LogP contribution in [0.3, 0.4) is 0 Å². The minimum Gasteiger partial charge on any atom is -0.505 e. The summed E-state index contributed by atoms with van der Waals surface area (Å²) >= 11 is 0.913. The first-order valence-electron chi connectivity index (χ1n) is 9.91. The first-order valence-corrected chi connectivity index (χ1v) is 10.7. The molecule has 9 heteroatoms. The summed E-state index contributed by atoms with van der Waals surface area (Å²) in [6.45, 7) is 3.36. The number of aromatic nitrogens is 1. The summed E-state index contributed by atoms with van der Waals surface area (Å²) in [7, 11) is 1.50. The number of fused-ring (bicyclic) bond motifs is 4. The van der Waals surface area contributed by atoms with E-state index in [1.807, 2.05) is 0 Å². The van der Waals surface area contributed by atoms with Gasteiger partial charge in [-0.15, -0.1) is 0 Å². The maximum absolute atomic E-state index is 14.7. The van der Waals surface area contributed by atoms with Gasteiger partial charge in [-0.25, -0.2) is 13.6 Å². The van der Waals surface area contributed by atoms with Crippen LogP contribution in [0.5, 0.6) is 11.5 Å². The molecular weight excluding hydrogens is 452 g/mol. The summed E-state index contributed by atoms with van der Waals surface area (Å²) < 4.78 is 40.5. The summed E-state index contributed by atoms with van der Waals surface area (Å²) in [5, 5.41) is 10.7. The van der Waals surface area contributed by atoms with Gasteiger partial charge in [-0.2, -0.15) is 0 Å². The van der Waals surface area contributed by atoms with Gasteiger partial charge in [0.1, 0.15) is 33.2 Å². The number of halogens is 2. The molecule has 0 fully saturated rings. The molecule has 0 amide bonds. The molecule has 0 unspecified atom stereocenters. The monoisotopic (exact) mass is 469 g/mol. The summed E-state index contributed by atoms with van der Waals surface area (Å²) in [4.78, 5) is 26.6. The van der Waals surface area contributed by atoms with Crippen molar-refractivity contribution in [3.63, 3.8) is 0 Å². The van der Waals surface area contributed by atoms with Gasteiger partial charge in [-0.3, -0.25) is 9.36 Å². The Morgan fingerprint density at radius 1 is 1.12 bits per heavy atom. The van der Waals surface area contributed by atoms with Crippen LogP contribution in [-0.4, -0.2) is 16.8 Å². The number of aromatic hydroxyl groups is 1. The Kier molecular flexibility index (Phi) is 4.65. The number of rotatable bonds is 3. The number of benzene rings is 2. The van der Waals surface area contributed by atoms with Crippen LogP contribution < -0.4 is 15.9 Å². The van der Waals surface area contributed by atoms with E-state index in [1.165, 1.54) is 13.2 Å². The molecule has 1 aliphatic heterocycles. The largest absolute Gasteiger partial charge is 0.505 e. The lowest BCUT2D eigenvalue weighted by Gasteiger charge is -2.20. The third kappa shape index (κ3) is 3.06. The van der Waals surface area contributed by atoms with E-state index in [4.69, 9.17) is 9.15 Å². The number of ether oxygens (including phenoxy) is 1. The van der Waals surface area contributed by atoms with Crippen LogP contribution in [0.25, 0.3) is 16.7 Å². The molecule has 4 aromatic rings. The summed E-state index contributed by atoms with van der Waals surface area (Å²) in [5.41, 5.74) is -2.21. The summed E-state index contributed by atoms with van der Waals surface area (Å²) in [6, 6.07) is 10.0. The number of nitrogens with zero attached hydrogens (tertiary/aromatic N) is 1. The van der Waals surface area contributed by atoms with Crippen LogP contribution in [-0.2, 0) is 5.41 Å². The fourth-order valence-corrected chi connectivity index (χ4v) is 5.18. The van der Waals surface area contributed by atoms with Gasteiger partial charge in [0.05, 0.1) is 12.8 Å². The van der Waals surface area contributed by atoms with E-state index in [0.29, 0.717) is 16.3 Å². The number of methoxy groups -OCH3 is 1. The second kappa shape index (κ2) is 7.21. The van der Waals surface area contributed by atoms with Crippen molar-refractivity contribution in [1.29, 1.82) is 0 Å². The predicted octanol–water partition coefficient (Wildman–Crippen LogP) is 4.73. The lowest BCUT2D eigenvalue weighted by Crippen LogP contribution is -2.24. The average Bonchev–Trinajstić information content (AvgIpc) is 2.98. The van der Waals surface area contributed by atoms with Crippen molar-refractivity contribution < 1.29 is 23.0 Å². The van der Waals surface area contributed by atoms with E-state index >= 15 is 0 Å². The number of hydrogen-bond donors (Lipinski definition) is 1. The molecule has 2 aromatic carbocycles. The minimum absolute atomic E-state index is 0.0481. The second-order valence-electron chi connectivity index (χ2n) is 8.16. The molecule has 6 nitrogen and oxygen atoms in total. The van der Waals surface area contributed by atoms with E-state index < -0.39 is 34.0 Å². The van der Waals surface area contributed by atoms with Crippen LogP contribution in [0.4, 0.5) is 8.78 Å². The summed E-state index contributed by atoms with van der Waals surface area (Å²) in [6.07, 6.45) is 0. The van der Waals surface area contributed by atoms with E-state index in [-0.39, 0.29) is 27.1 Å².